The summed E-state index contributed by atoms with van der Waals surface area (Å²) in [6.07, 6.45) is -10.3. The van der Waals surface area contributed by atoms with Crippen molar-refractivity contribution in [2.45, 2.75) is 81.5 Å². The fourth-order valence-corrected chi connectivity index (χ4v) is 8.29. The van der Waals surface area contributed by atoms with Gasteiger partial charge in [-0.05, 0) is 66.6 Å². The van der Waals surface area contributed by atoms with Gasteiger partial charge in [-0.1, -0.05) is 140 Å². The molecule has 15 nitrogen and oxygen atoms in total. The van der Waals surface area contributed by atoms with E-state index < -0.39 is 91.9 Å². The molecule has 2 saturated heterocycles. The first kappa shape index (κ1) is 51.8. The fourth-order valence-electron chi connectivity index (χ4n) is 8.29. The molecule has 0 aromatic heterocycles. The van der Waals surface area contributed by atoms with Crippen LogP contribution in [0.5, 0.6) is 0 Å². The van der Waals surface area contributed by atoms with Crippen molar-refractivity contribution in [2.75, 3.05) is 20.3 Å². The highest BCUT2D eigenvalue weighted by molar-refractivity contribution is 5.91. The van der Waals surface area contributed by atoms with Crippen LogP contribution >= 0.6 is 0 Å². The number of esters is 4. The molecule has 2 aliphatic heterocycles. The molecule has 2 heterocycles. The Balaban J connectivity index is 1.23. The molecule has 0 aliphatic carbocycles. The summed E-state index contributed by atoms with van der Waals surface area (Å²) < 4.78 is 70.7. The van der Waals surface area contributed by atoms with Crippen LogP contribution in [0.25, 0.3) is 0 Å². The Morgan fingerprint density at radius 3 is 1.37 bits per heavy atom. The third kappa shape index (κ3) is 13.9. The number of carbonyl (C=O) groups excluding carboxylic acids is 4. The zero-order chi connectivity index (χ0) is 50.8. The lowest BCUT2D eigenvalue weighted by molar-refractivity contribution is -0.360. The smallest absolute Gasteiger partial charge is 0.338 e. The Morgan fingerprint density at radius 1 is 0.452 bits per heavy atom. The first-order chi connectivity index (χ1) is 35.8. The Morgan fingerprint density at radius 2 is 0.877 bits per heavy atom. The molecule has 0 radical (unpaired) electrons. The molecule has 0 amide bonds. The number of methoxy groups -OCH3 is 1. The van der Waals surface area contributed by atoms with Crippen LogP contribution in [0.1, 0.15) is 59.5 Å². The van der Waals surface area contributed by atoms with Crippen molar-refractivity contribution in [1.82, 2.24) is 0 Å². The van der Waals surface area contributed by atoms with Crippen molar-refractivity contribution in [3.63, 3.8) is 0 Å². The molecule has 0 saturated carbocycles. The minimum absolute atomic E-state index is 0.0937. The lowest BCUT2D eigenvalue weighted by Gasteiger charge is -2.49. The number of hydrogen-bond donors (Lipinski definition) is 0. The Bertz CT molecular complexity index is 2680. The highest BCUT2D eigenvalue weighted by Crippen LogP contribution is 2.37. The number of benzene rings is 6. The maximum atomic E-state index is 14.4. The molecule has 6 aromatic carbocycles. The van der Waals surface area contributed by atoms with Gasteiger partial charge in [0.05, 0.1) is 48.3 Å². The molecule has 8 rings (SSSR count). The van der Waals surface area contributed by atoms with Crippen LogP contribution in [0.4, 0.5) is 0 Å². The first-order valence-corrected chi connectivity index (χ1v) is 23.8. The van der Waals surface area contributed by atoms with Crippen molar-refractivity contribution >= 4 is 23.9 Å². The fraction of sp³-hybridized carbons (Fsp3) is 0.276. The number of carbonyl (C=O) groups is 4. The molecule has 2 fully saturated rings. The summed E-state index contributed by atoms with van der Waals surface area (Å²) in [5.41, 5.74) is 2.36. The van der Waals surface area contributed by atoms with Crippen LogP contribution in [-0.2, 0) is 65.3 Å². The van der Waals surface area contributed by atoms with Gasteiger partial charge in [-0.15, -0.1) is 0 Å². The average molecular weight is 993 g/mol. The quantitative estimate of drug-likeness (QED) is 0.0381. The van der Waals surface area contributed by atoms with E-state index in [0.717, 1.165) is 11.1 Å². The van der Waals surface area contributed by atoms with Gasteiger partial charge in [0.25, 0.3) is 0 Å². The van der Waals surface area contributed by atoms with Crippen LogP contribution in [0.2, 0.25) is 0 Å². The molecule has 0 unspecified atom stereocenters. The molecule has 0 bridgehead atoms. The Hall–Kier alpha value is -7.50. The highest BCUT2D eigenvalue weighted by Gasteiger charge is 2.57. The second-order valence-corrected chi connectivity index (χ2v) is 16.9. The van der Waals surface area contributed by atoms with Gasteiger partial charge in [-0.3, -0.25) is 0 Å². The standard InChI is InChI=1S/C58H56O15/c1-3-34-65-49-47(45(37-64-35-39-22-10-4-11-23-39)68-57(63-2)51(49)66-36-40-24-12-5-13-25-40)73-58-52(72-56(62)44-32-20-9-21-33-44)50(71-55(61)43-30-18-8-19-31-43)48(70-54(60)42-28-16-7-17-29-42)46(69-58)38-67-53(59)41-26-14-6-15-27-41/h3-34,45-52,57-58H,35-38H2,1-2H3/b34-3+/t45-,46-,47-,48-,49+,50+,51-,52-,57+,58+/m1/s1. The van der Waals surface area contributed by atoms with Gasteiger partial charge in [0.2, 0.25) is 0 Å². The summed E-state index contributed by atoms with van der Waals surface area (Å²) in [5.74, 6) is -3.31. The second-order valence-electron chi connectivity index (χ2n) is 16.9. The van der Waals surface area contributed by atoms with Gasteiger partial charge in [-0.25, -0.2) is 19.2 Å². The van der Waals surface area contributed by atoms with Crippen LogP contribution in [0.15, 0.2) is 194 Å². The molecule has 10 atom stereocenters. The third-order valence-electron chi connectivity index (χ3n) is 11.9. The predicted octanol–water partition coefficient (Wildman–Crippen LogP) is 8.72. The van der Waals surface area contributed by atoms with E-state index in [1.807, 2.05) is 60.7 Å². The molecule has 73 heavy (non-hydrogen) atoms. The maximum Gasteiger partial charge on any atom is 0.338 e. The zero-order valence-electron chi connectivity index (χ0n) is 40.2. The van der Waals surface area contributed by atoms with Crippen LogP contribution < -0.4 is 0 Å². The van der Waals surface area contributed by atoms with Gasteiger partial charge in [-0.2, -0.15) is 0 Å². The molecule has 6 aromatic rings. The highest BCUT2D eigenvalue weighted by atomic mass is 16.8. The van der Waals surface area contributed by atoms with E-state index in [0.29, 0.717) is 0 Å². The van der Waals surface area contributed by atoms with E-state index >= 15 is 0 Å². The minimum Gasteiger partial charge on any atom is -0.493 e. The zero-order valence-corrected chi connectivity index (χ0v) is 40.2. The van der Waals surface area contributed by atoms with Crippen LogP contribution in [0, 0.1) is 0 Å². The lowest BCUT2D eigenvalue weighted by atomic mass is 9.95. The maximum absolute atomic E-state index is 14.4. The van der Waals surface area contributed by atoms with Crippen molar-refractivity contribution in [1.29, 1.82) is 0 Å². The first-order valence-electron chi connectivity index (χ1n) is 23.8. The van der Waals surface area contributed by atoms with Gasteiger partial charge in [0, 0.05) is 7.11 Å². The normalized spacial score (nSPS) is 23.7. The van der Waals surface area contributed by atoms with E-state index in [1.165, 1.54) is 37.6 Å². The van der Waals surface area contributed by atoms with E-state index in [9.17, 15) is 19.2 Å². The molecule has 15 heteroatoms. The number of hydrogen-bond acceptors (Lipinski definition) is 15. The van der Waals surface area contributed by atoms with Crippen LogP contribution in [0.3, 0.4) is 0 Å². The molecule has 0 spiro atoms. The van der Waals surface area contributed by atoms with Crippen LogP contribution in [-0.4, -0.2) is 106 Å². The monoisotopic (exact) mass is 992 g/mol. The summed E-state index contributed by atoms with van der Waals surface area (Å²) >= 11 is 0. The third-order valence-corrected chi connectivity index (χ3v) is 11.9. The van der Waals surface area contributed by atoms with E-state index in [4.69, 9.17) is 52.1 Å². The lowest BCUT2D eigenvalue weighted by Crippen LogP contribution is -2.67. The van der Waals surface area contributed by atoms with Crippen molar-refractivity contribution in [2.24, 2.45) is 0 Å². The minimum atomic E-state index is -1.72. The average Bonchev–Trinajstić information content (AvgIpc) is 3.44. The second kappa shape index (κ2) is 26.3. The Labute approximate surface area is 423 Å². The summed E-state index contributed by atoms with van der Waals surface area (Å²) in [6.45, 7) is 1.42. The molecule has 2 aliphatic rings. The summed E-state index contributed by atoms with van der Waals surface area (Å²) in [4.78, 5) is 56.6. The van der Waals surface area contributed by atoms with Gasteiger partial charge < -0.3 is 52.1 Å². The predicted molar refractivity (Wildman–Crippen MR) is 264 cm³/mol. The van der Waals surface area contributed by atoms with Gasteiger partial charge >= 0.3 is 23.9 Å². The summed E-state index contributed by atoms with van der Waals surface area (Å²) in [6, 6.07) is 51.6. The molecular formula is C58H56O15. The van der Waals surface area contributed by atoms with Crippen molar-refractivity contribution in [3.8, 4) is 0 Å². The number of ether oxygens (including phenoxy) is 11. The summed E-state index contributed by atoms with van der Waals surface area (Å²) in [5, 5.41) is 0. The van der Waals surface area contributed by atoms with E-state index in [2.05, 4.69) is 0 Å². The SMILES string of the molecule is C/C=C/O[C@@H]1[C@@H](OCc2ccccc2)[C@@H](OC)O[C@H](COCc2ccccc2)[C@H]1O[C@@H]1O[C@H](COC(=O)c2ccccc2)[C@@H](OC(=O)c2ccccc2)[C@H](OC(=O)c2ccccc2)[C@H]1OC(=O)c1ccccc1. The number of rotatable bonds is 21. The summed E-state index contributed by atoms with van der Waals surface area (Å²) in [7, 11) is 1.48. The number of allylic oxidation sites excluding steroid dienone is 1. The molecular weight excluding hydrogens is 937 g/mol. The van der Waals surface area contributed by atoms with Gasteiger partial charge in [0.1, 0.15) is 31.0 Å². The largest absolute Gasteiger partial charge is 0.493 e. The van der Waals surface area contributed by atoms with E-state index in [1.54, 1.807) is 110 Å². The molecule has 378 valence electrons. The van der Waals surface area contributed by atoms with E-state index in [-0.39, 0.29) is 42.1 Å². The van der Waals surface area contributed by atoms with Gasteiger partial charge in [0.15, 0.2) is 37.0 Å². The van der Waals surface area contributed by atoms with Crippen molar-refractivity contribution in [3.05, 3.63) is 228 Å². The Kier molecular flexibility index (Phi) is 18.7. The van der Waals surface area contributed by atoms with Crippen molar-refractivity contribution < 1.29 is 71.3 Å². The topological polar surface area (TPSA) is 170 Å². The molecule has 0 N–H and O–H groups in total.